The molecule has 0 amide bonds. The molecule has 0 saturated heterocycles. The number of esters is 1. The SMILES string of the molecule is COC(OC(=O)c1cc(Oc2ccc(C(F)(F)F)cc2Cl)ccc1[N+](=O)[O-])[P+](=O)C(C)C. The van der Waals surface area contributed by atoms with Crippen molar-refractivity contribution in [2.45, 2.75) is 31.7 Å². The van der Waals surface area contributed by atoms with Gasteiger partial charge in [-0.1, -0.05) is 16.2 Å². The summed E-state index contributed by atoms with van der Waals surface area (Å²) in [5, 5.41) is 11.0. The summed E-state index contributed by atoms with van der Waals surface area (Å²) in [6.45, 7) is 3.23. The molecule has 2 atom stereocenters. The van der Waals surface area contributed by atoms with Gasteiger partial charge in [-0.2, -0.15) is 13.2 Å². The Bertz CT molecular complexity index is 1050. The van der Waals surface area contributed by atoms with Crippen LogP contribution in [-0.4, -0.2) is 29.7 Å². The van der Waals surface area contributed by atoms with Crippen LogP contribution < -0.4 is 4.74 Å². The summed E-state index contributed by atoms with van der Waals surface area (Å²) >= 11 is 5.85. The molecule has 0 bridgehead atoms. The average Bonchev–Trinajstić information content (AvgIpc) is 2.71. The summed E-state index contributed by atoms with van der Waals surface area (Å²) < 4.78 is 65.9. The van der Waals surface area contributed by atoms with Crippen molar-refractivity contribution < 1.29 is 41.7 Å². The van der Waals surface area contributed by atoms with Gasteiger partial charge in [0.2, 0.25) is 0 Å². The molecule has 0 fully saturated rings. The van der Waals surface area contributed by atoms with Gasteiger partial charge in [-0.15, -0.1) is 0 Å². The van der Waals surface area contributed by atoms with Gasteiger partial charge in [0.05, 0.1) is 15.5 Å². The summed E-state index contributed by atoms with van der Waals surface area (Å²) in [7, 11) is -0.980. The molecule has 0 aliphatic rings. The number of nitro groups is 1. The Hall–Kier alpha value is -2.75. The molecule has 2 aromatic rings. The van der Waals surface area contributed by atoms with Gasteiger partial charge in [-0.3, -0.25) is 10.1 Å². The van der Waals surface area contributed by atoms with E-state index in [1.54, 1.807) is 13.8 Å². The third-order valence-electron chi connectivity index (χ3n) is 4.00. The molecule has 0 spiro atoms. The topological polar surface area (TPSA) is 105 Å². The Morgan fingerprint density at radius 3 is 2.34 bits per heavy atom. The van der Waals surface area contributed by atoms with E-state index in [0.717, 1.165) is 37.4 Å². The maximum Gasteiger partial charge on any atom is 0.417 e. The number of hydrogen-bond donors (Lipinski definition) is 0. The fourth-order valence-corrected chi connectivity index (χ4v) is 3.50. The monoisotopic (exact) mass is 494 g/mol. The zero-order valence-corrected chi connectivity index (χ0v) is 18.5. The van der Waals surface area contributed by atoms with Gasteiger partial charge in [0.1, 0.15) is 17.1 Å². The lowest BCUT2D eigenvalue weighted by atomic mass is 10.1. The molecular weight excluding hydrogens is 478 g/mol. The van der Waals surface area contributed by atoms with Crippen molar-refractivity contribution >= 4 is 31.1 Å². The Balaban J connectivity index is 2.37. The van der Waals surface area contributed by atoms with E-state index in [1.165, 1.54) is 0 Å². The predicted octanol–water partition coefficient (Wildman–Crippen LogP) is 6.38. The van der Waals surface area contributed by atoms with Crippen molar-refractivity contribution in [2.24, 2.45) is 0 Å². The first kappa shape index (κ1) is 25.5. The molecule has 0 aromatic heterocycles. The molecule has 2 aromatic carbocycles. The molecule has 0 aliphatic heterocycles. The van der Waals surface area contributed by atoms with Crippen LogP contribution in [0.1, 0.15) is 29.8 Å². The second kappa shape index (κ2) is 10.2. The van der Waals surface area contributed by atoms with E-state index in [9.17, 15) is 32.6 Å². The number of nitrogens with zero attached hydrogens (tertiary/aromatic N) is 1. The standard InChI is InChI=1S/C19H17ClF3NO7P/c1-10(2)32(28)18(29-3)31-17(25)13-9-12(5-6-15(13)24(26)27)30-16-7-4-11(8-14(16)20)19(21,22)23/h4-10,18H,1-3H3/q+1. The maximum absolute atomic E-state index is 12.8. The highest BCUT2D eigenvalue weighted by molar-refractivity contribution is 7.45. The molecule has 32 heavy (non-hydrogen) atoms. The van der Waals surface area contributed by atoms with Gasteiger partial charge in [-0.25, -0.2) is 4.79 Å². The largest absolute Gasteiger partial charge is 0.456 e. The van der Waals surface area contributed by atoms with Crippen LogP contribution in [0, 0.1) is 10.1 Å². The number of benzene rings is 2. The van der Waals surface area contributed by atoms with Gasteiger partial charge >= 0.3 is 26.0 Å². The zero-order chi connectivity index (χ0) is 24.2. The van der Waals surface area contributed by atoms with Crippen LogP contribution >= 0.6 is 19.4 Å². The smallest absolute Gasteiger partial charge is 0.417 e. The Kier molecular flexibility index (Phi) is 8.17. The van der Waals surface area contributed by atoms with Crippen LogP contribution in [0.5, 0.6) is 11.5 Å². The van der Waals surface area contributed by atoms with Crippen LogP contribution in [-0.2, 0) is 20.2 Å². The molecule has 0 heterocycles. The van der Waals surface area contributed by atoms with Gasteiger partial charge in [-0.05, 0) is 38.1 Å². The number of methoxy groups -OCH3 is 1. The fourth-order valence-electron chi connectivity index (χ4n) is 2.39. The molecule has 0 saturated carbocycles. The average molecular weight is 495 g/mol. The van der Waals surface area contributed by atoms with E-state index in [4.69, 9.17) is 25.8 Å². The van der Waals surface area contributed by atoms with Crippen molar-refractivity contribution in [1.29, 1.82) is 0 Å². The molecule has 0 radical (unpaired) electrons. The first-order valence-electron chi connectivity index (χ1n) is 8.87. The third kappa shape index (κ3) is 6.15. The van der Waals surface area contributed by atoms with Crippen molar-refractivity contribution in [3.8, 4) is 11.5 Å². The van der Waals surface area contributed by atoms with Crippen molar-refractivity contribution in [3.05, 3.63) is 62.7 Å². The third-order valence-corrected chi connectivity index (χ3v) is 6.04. The van der Waals surface area contributed by atoms with E-state index >= 15 is 0 Å². The normalized spacial score (nSPS) is 12.9. The molecular formula is C19H17ClF3NO7P+. The number of ether oxygens (including phenoxy) is 3. The van der Waals surface area contributed by atoms with Crippen molar-refractivity contribution in [3.63, 3.8) is 0 Å². The van der Waals surface area contributed by atoms with Crippen molar-refractivity contribution in [2.75, 3.05) is 7.11 Å². The van der Waals surface area contributed by atoms with Gasteiger partial charge in [0, 0.05) is 19.2 Å². The minimum absolute atomic E-state index is 0.133. The van der Waals surface area contributed by atoms with E-state index in [1.807, 2.05) is 0 Å². The lowest BCUT2D eigenvalue weighted by molar-refractivity contribution is -0.385. The summed E-state index contributed by atoms with van der Waals surface area (Å²) in [4.78, 5) is 23.0. The van der Waals surface area contributed by atoms with Gasteiger partial charge in [0.25, 0.3) is 5.69 Å². The highest BCUT2D eigenvalue weighted by Gasteiger charge is 2.39. The van der Waals surface area contributed by atoms with E-state index in [0.29, 0.717) is 6.07 Å². The summed E-state index contributed by atoms with van der Waals surface area (Å²) in [6.07, 6.45) is -4.61. The first-order chi connectivity index (χ1) is 14.8. The minimum atomic E-state index is -4.61. The van der Waals surface area contributed by atoms with Crippen LogP contribution in [0.4, 0.5) is 18.9 Å². The molecule has 2 unspecified atom stereocenters. The highest BCUT2D eigenvalue weighted by atomic mass is 35.5. The first-order valence-corrected chi connectivity index (χ1v) is 10.6. The Morgan fingerprint density at radius 2 is 1.84 bits per heavy atom. The van der Waals surface area contributed by atoms with E-state index in [-0.39, 0.29) is 16.5 Å². The summed E-state index contributed by atoms with van der Waals surface area (Å²) in [6, 6.07) is 3.98. The van der Waals surface area contributed by atoms with Crippen LogP contribution in [0.3, 0.4) is 0 Å². The van der Waals surface area contributed by atoms with Gasteiger partial charge < -0.3 is 14.2 Å². The molecule has 8 nitrogen and oxygen atoms in total. The number of rotatable bonds is 8. The Morgan fingerprint density at radius 1 is 1.19 bits per heavy atom. The zero-order valence-electron chi connectivity index (χ0n) is 16.9. The molecule has 2 rings (SSSR count). The number of carbonyl (C=O) groups excluding carboxylic acids is 1. The highest BCUT2D eigenvalue weighted by Crippen LogP contribution is 2.38. The van der Waals surface area contributed by atoms with Crippen LogP contribution in [0.2, 0.25) is 5.02 Å². The van der Waals surface area contributed by atoms with Crippen LogP contribution in [0.25, 0.3) is 0 Å². The summed E-state index contributed by atoms with van der Waals surface area (Å²) in [5.74, 6) is -1.51. The Labute approximate surface area is 186 Å². The lowest BCUT2D eigenvalue weighted by Gasteiger charge is -2.12. The van der Waals surface area contributed by atoms with Crippen LogP contribution in [0.15, 0.2) is 36.4 Å². The number of carbonyl (C=O) groups is 1. The number of halogens is 4. The summed E-state index contributed by atoms with van der Waals surface area (Å²) in [5.41, 5.74) is -2.55. The quantitative estimate of drug-likeness (QED) is 0.138. The second-order valence-electron chi connectivity index (χ2n) is 6.58. The molecule has 13 heteroatoms. The lowest BCUT2D eigenvalue weighted by Crippen LogP contribution is -2.19. The van der Waals surface area contributed by atoms with Crippen molar-refractivity contribution in [1.82, 2.24) is 0 Å². The number of nitro benzene ring substituents is 1. The second-order valence-corrected chi connectivity index (χ2v) is 9.16. The molecule has 172 valence electrons. The fraction of sp³-hybridized carbons (Fsp3) is 0.316. The molecule has 0 N–H and O–H groups in total. The predicted molar refractivity (Wildman–Crippen MR) is 109 cm³/mol. The minimum Gasteiger partial charge on any atom is -0.456 e. The van der Waals surface area contributed by atoms with E-state index in [2.05, 4.69) is 0 Å². The van der Waals surface area contributed by atoms with Gasteiger partial charge in [0.15, 0.2) is 5.66 Å². The maximum atomic E-state index is 12.8. The number of alkyl halides is 3. The van der Waals surface area contributed by atoms with E-state index < -0.39 is 53.4 Å². The number of hydrogen-bond acceptors (Lipinski definition) is 7. The molecule has 0 aliphatic carbocycles.